The fraction of sp³-hybridized carbons (Fsp3) is 0.146. The molecule has 3 aliphatic carbocycles. The summed E-state index contributed by atoms with van der Waals surface area (Å²) in [4.78, 5) is 70.2. The highest BCUT2D eigenvalue weighted by molar-refractivity contribution is 6.36. The van der Waals surface area contributed by atoms with E-state index in [1.54, 1.807) is 24.3 Å². The van der Waals surface area contributed by atoms with Crippen LogP contribution in [-0.2, 0) is 9.59 Å². The van der Waals surface area contributed by atoms with Crippen LogP contribution in [0, 0.1) is 11.8 Å². The van der Waals surface area contributed by atoms with E-state index in [9.17, 15) is 24.0 Å². The third-order valence-corrected chi connectivity index (χ3v) is 10.6. The fourth-order valence-electron chi connectivity index (χ4n) is 7.79. The largest absolute Gasteiger partial charge is 0.497 e. The Morgan fingerprint density at radius 3 is 1.79 bits per heavy atom. The summed E-state index contributed by atoms with van der Waals surface area (Å²) >= 11 is 12.6. The van der Waals surface area contributed by atoms with E-state index >= 15 is 0 Å². The lowest BCUT2D eigenvalue weighted by atomic mass is 9.55. The van der Waals surface area contributed by atoms with Crippen molar-refractivity contribution in [3.8, 4) is 11.5 Å². The number of hydrazine groups is 1. The van der Waals surface area contributed by atoms with Gasteiger partial charge in [0.05, 0.1) is 35.1 Å². The average molecular weight is 732 g/mol. The van der Waals surface area contributed by atoms with E-state index in [0.29, 0.717) is 5.75 Å². The van der Waals surface area contributed by atoms with Crippen LogP contribution in [0.2, 0.25) is 10.0 Å². The number of amides is 3. The van der Waals surface area contributed by atoms with Crippen molar-refractivity contribution in [1.29, 1.82) is 0 Å². The van der Waals surface area contributed by atoms with E-state index in [-0.39, 0.29) is 32.5 Å². The van der Waals surface area contributed by atoms with Crippen molar-refractivity contribution in [2.45, 2.75) is 11.8 Å². The zero-order valence-electron chi connectivity index (χ0n) is 27.5. The van der Waals surface area contributed by atoms with E-state index in [1.807, 2.05) is 48.5 Å². The van der Waals surface area contributed by atoms with Crippen LogP contribution in [0.4, 0.5) is 0 Å². The number of halogens is 2. The van der Waals surface area contributed by atoms with Crippen molar-refractivity contribution in [2.75, 3.05) is 13.7 Å². The van der Waals surface area contributed by atoms with Crippen molar-refractivity contribution in [1.82, 2.24) is 10.0 Å². The molecule has 1 heterocycles. The number of methoxy groups -OCH3 is 1. The summed E-state index contributed by atoms with van der Waals surface area (Å²) < 4.78 is 10.7. The van der Waals surface area contributed by atoms with Gasteiger partial charge in [-0.1, -0.05) is 77.8 Å². The maximum Gasteiger partial charge on any atom is 0.343 e. The van der Waals surface area contributed by atoms with Gasteiger partial charge in [0.15, 0.2) is 5.78 Å². The average Bonchev–Trinajstić information content (AvgIpc) is 3.43. The lowest BCUT2D eigenvalue weighted by Crippen LogP contribution is -2.52. The second kappa shape index (κ2) is 13.1. The van der Waals surface area contributed by atoms with Gasteiger partial charge in [-0.3, -0.25) is 19.2 Å². The van der Waals surface area contributed by atoms with Crippen LogP contribution in [0.3, 0.4) is 0 Å². The zero-order chi connectivity index (χ0) is 36.3. The maximum absolute atomic E-state index is 14.6. The van der Waals surface area contributed by atoms with Gasteiger partial charge in [-0.2, -0.15) is 5.01 Å². The molecule has 2 atom stereocenters. The van der Waals surface area contributed by atoms with E-state index in [0.717, 1.165) is 32.3 Å². The van der Waals surface area contributed by atoms with Gasteiger partial charge in [0.1, 0.15) is 18.0 Å². The first kappa shape index (κ1) is 33.4. The molecule has 9 rings (SSSR count). The number of rotatable bonds is 8. The Bertz CT molecular complexity index is 2210. The predicted octanol–water partition coefficient (Wildman–Crippen LogP) is 7.35. The zero-order valence-corrected chi connectivity index (χ0v) is 29.0. The minimum Gasteiger partial charge on any atom is -0.497 e. The molecule has 4 aliphatic rings. The highest BCUT2D eigenvalue weighted by Crippen LogP contribution is 2.61. The third-order valence-electron chi connectivity index (χ3n) is 10.0. The van der Waals surface area contributed by atoms with Crippen LogP contribution in [0.15, 0.2) is 115 Å². The Kier molecular flexibility index (Phi) is 8.40. The molecular weight excluding hydrogens is 703 g/mol. The molecule has 2 bridgehead atoms. The first-order valence-electron chi connectivity index (χ1n) is 16.5. The number of benzene rings is 5. The number of carbonyl (C=O) groups is 5. The summed E-state index contributed by atoms with van der Waals surface area (Å²) in [5.74, 6) is -4.89. The highest BCUT2D eigenvalue weighted by atomic mass is 35.5. The van der Waals surface area contributed by atoms with Crippen LogP contribution < -0.4 is 9.47 Å². The normalized spacial score (nSPS) is 19.4. The molecule has 0 spiro atoms. The number of esters is 1. The first-order valence-corrected chi connectivity index (χ1v) is 17.2. The fourth-order valence-corrected chi connectivity index (χ4v) is 8.28. The molecule has 0 saturated carbocycles. The number of hydrogen-bond donors (Lipinski definition) is 0. The van der Waals surface area contributed by atoms with E-state index in [1.165, 1.54) is 49.6 Å². The number of Topliss-reactive ketones (excluding diaryl/α,β-unsaturated/α-hetero) is 1. The number of hydrogen-bond acceptors (Lipinski definition) is 7. The summed E-state index contributed by atoms with van der Waals surface area (Å²) in [6, 6.07) is 32.1. The number of ether oxygens (including phenoxy) is 2. The predicted molar refractivity (Wildman–Crippen MR) is 192 cm³/mol. The van der Waals surface area contributed by atoms with Gasteiger partial charge in [-0.25, -0.2) is 9.80 Å². The van der Waals surface area contributed by atoms with E-state index < -0.39 is 59.7 Å². The smallest absolute Gasteiger partial charge is 0.343 e. The van der Waals surface area contributed by atoms with Crippen molar-refractivity contribution in [3.05, 3.63) is 164 Å². The van der Waals surface area contributed by atoms with Gasteiger partial charge < -0.3 is 9.47 Å². The molecule has 11 heteroatoms. The Morgan fingerprint density at radius 1 is 0.673 bits per heavy atom. The van der Waals surface area contributed by atoms with Gasteiger partial charge in [0.25, 0.3) is 17.7 Å². The number of carbonyl (C=O) groups excluding carboxylic acids is 5. The molecule has 1 aliphatic heterocycles. The molecule has 258 valence electrons. The van der Waals surface area contributed by atoms with Gasteiger partial charge in [-0.05, 0) is 82.9 Å². The van der Waals surface area contributed by atoms with Gasteiger partial charge >= 0.3 is 5.97 Å². The topological polar surface area (TPSA) is 110 Å². The highest BCUT2D eigenvalue weighted by Gasteiger charge is 2.63. The van der Waals surface area contributed by atoms with Crippen LogP contribution in [0.5, 0.6) is 11.5 Å². The minimum absolute atomic E-state index is 0.00598. The first-order chi connectivity index (χ1) is 25.2. The molecule has 0 unspecified atom stereocenters. The van der Waals surface area contributed by atoms with E-state index in [2.05, 4.69) is 0 Å². The summed E-state index contributed by atoms with van der Waals surface area (Å²) in [7, 11) is 1.49. The maximum atomic E-state index is 14.6. The molecule has 0 N–H and O–H groups in total. The molecule has 1 saturated heterocycles. The Balaban J connectivity index is 1.12. The monoisotopic (exact) mass is 730 g/mol. The van der Waals surface area contributed by atoms with Crippen LogP contribution in [0.25, 0.3) is 0 Å². The Hall–Kier alpha value is -5.77. The third kappa shape index (κ3) is 5.44. The quantitative estimate of drug-likeness (QED) is 0.0711. The lowest BCUT2D eigenvalue weighted by molar-refractivity contribution is -0.154. The lowest BCUT2D eigenvalue weighted by Gasteiger charge is -2.45. The molecule has 0 aromatic heterocycles. The van der Waals surface area contributed by atoms with Crippen molar-refractivity contribution < 1.29 is 33.4 Å². The summed E-state index contributed by atoms with van der Waals surface area (Å²) in [5.41, 5.74) is 4.26. The van der Waals surface area contributed by atoms with Gasteiger partial charge in [0.2, 0.25) is 0 Å². The molecule has 0 radical (unpaired) electrons. The van der Waals surface area contributed by atoms with Gasteiger partial charge in [0, 0.05) is 22.4 Å². The van der Waals surface area contributed by atoms with Crippen LogP contribution >= 0.6 is 23.2 Å². The minimum atomic E-state index is -0.818. The molecule has 5 aromatic rings. The van der Waals surface area contributed by atoms with E-state index in [4.69, 9.17) is 32.7 Å². The van der Waals surface area contributed by atoms with Crippen LogP contribution in [0.1, 0.15) is 65.2 Å². The Morgan fingerprint density at radius 2 is 1.25 bits per heavy atom. The number of ketones is 1. The van der Waals surface area contributed by atoms with Gasteiger partial charge in [-0.15, -0.1) is 0 Å². The van der Waals surface area contributed by atoms with Crippen molar-refractivity contribution in [3.63, 3.8) is 0 Å². The van der Waals surface area contributed by atoms with Crippen molar-refractivity contribution in [2.24, 2.45) is 11.8 Å². The molecular formula is C41H28Cl2N2O7. The molecule has 3 amide bonds. The summed E-state index contributed by atoms with van der Waals surface area (Å²) in [6.07, 6.45) is 0. The standard InChI is InChI=1S/C41H28Cl2N2O7/c1-51-26-8-6-7-23(19-26)41(50)52-25-16-13-22(14-17-25)33(46)21-44(38(47)31-18-15-24(42)20-32(31)43)45-39(48)36-34-27-9-2-3-10-28(27)35(37(36)40(45)49)30-12-5-4-11-29(30)34/h2-20,34-37H,21H2,1H3/t34?,35?,36-,37-/m1/s1. The SMILES string of the molecule is COc1cccc(C(=O)Oc2ccc(C(=O)CN(C(=O)c3ccc(Cl)cc3Cl)N3C(=O)[C@@H]4C5c6ccccc6C(c6ccccc65)[C@H]4C3=O)cc2)c1. The second-order valence-electron chi connectivity index (χ2n) is 12.8. The molecule has 1 fully saturated rings. The Labute approximate surface area is 308 Å². The molecule has 52 heavy (non-hydrogen) atoms. The second-order valence-corrected chi connectivity index (χ2v) is 13.7. The number of nitrogens with zero attached hydrogens (tertiary/aromatic N) is 2. The van der Waals surface area contributed by atoms with Crippen LogP contribution in [-0.4, -0.2) is 53.1 Å². The number of imide groups is 1. The summed E-state index contributed by atoms with van der Waals surface area (Å²) in [5, 5.41) is 2.02. The molecule has 9 nitrogen and oxygen atoms in total. The molecule has 5 aromatic carbocycles. The summed E-state index contributed by atoms with van der Waals surface area (Å²) in [6.45, 7) is -0.660. The van der Waals surface area contributed by atoms with Crippen molar-refractivity contribution >= 4 is 52.7 Å².